The van der Waals surface area contributed by atoms with E-state index in [0.717, 1.165) is 12.8 Å². The summed E-state index contributed by atoms with van der Waals surface area (Å²) in [6.45, 7) is 0.483. The van der Waals surface area contributed by atoms with E-state index in [1.54, 1.807) is 11.9 Å². The molecule has 0 aromatic heterocycles. The minimum atomic E-state index is -0.819. The van der Waals surface area contributed by atoms with Crippen molar-refractivity contribution in [1.82, 2.24) is 4.90 Å². The van der Waals surface area contributed by atoms with Crippen LogP contribution in [-0.4, -0.2) is 37.5 Å². The molecule has 18 heavy (non-hydrogen) atoms. The van der Waals surface area contributed by atoms with E-state index in [9.17, 15) is 14.9 Å². The first-order chi connectivity index (χ1) is 8.55. The number of hydrogen-bond acceptors (Lipinski definition) is 4. The highest BCUT2D eigenvalue weighted by molar-refractivity contribution is 5.85. The molecular weight excluding hydrogens is 232 g/mol. The van der Waals surface area contributed by atoms with E-state index < -0.39 is 5.41 Å². The van der Waals surface area contributed by atoms with E-state index in [1.165, 1.54) is 7.11 Å². The molecule has 1 rings (SSSR count). The van der Waals surface area contributed by atoms with Crippen LogP contribution < -0.4 is 0 Å². The van der Waals surface area contributed by atoms with Gasteiger partial charge >= 0.3 is 5.97 Å². The van der Waals surface area contributed by atoms with Gasteiger partial charge in [0, 0.05) is 20.0 Å². The molecule has 1 fully saturated rings. The van der Waals surface area contributed by atoms with Crippen LogP contribution in [0.4, 0.5) is 0 Å². The zero-order chi connectivity index (χ0) is 13.6. The number of nitriles is 1. The summed E-state index contributed by atoms with van der Waals surface area (Å²) < 4.78 is 4.54. The highest BCUT2D eigenvalue weighted by Gasteiger charge is 2.42. The summed E-state index contributed by atoms with van der Waals surface area (Å²) in [4.78, 5) is 24.8. The molecule has 0 unspecified atom stereocenters. The topological polar surface area (TPSA) is 70.4 Å². The van der Waals surface area contributed by atoms with Crippen molar-refractivity contribution in [3.63, 3.8) is 0 Å². The molecule has 1 saturated carbocycles. The maximum atomic E-state index is 12.2. The lowest BCUT2D eigenvalue weighted by atomic mass is 9.86. The molecule has 0 aromatic carbocycles. The Morgan fingerprint density at radius 2 is 2.00 bits per heavy atom. The second-order valence-corrected chi connectivity index (χ2v) is 4.81. The van der Waals surface area contributed by atoms with E-state index in [0.29, 0.717) is 32.2 Å². The predicted octanol–water partition coefficient (Wildman–Crippen LogP) is 1.48. The summed E-state index contributed by atoms with van der Waals surface area (Å²) in [5.41, 5.74) is -0.819. The summed E-state index contributed by atoms with van der Waals surface area (Å²) in [7, 11) is 3.04. The van der Waals surface area contributed by atoms with Crippen LogP contribution in [0.25, 0.3) is 0 Å². The minimum absolute atomic E-state index is 0.104. The Balaban J connectivity index is 2.46. The van der Waals surface area contributed by atoms with Gasteiger partial charge in [-0.05, 0) is 19.3 Å². The van der Waals surface area contributed by atoms with Crippen molar-refractivity contribution in [2.45, 2.75) is 38.5 Å². The fourth-order valence-electron chi connectivity index (χ4n) is 2.38. The van der Waals surface area contributed by atoms with Crippen molar-refractivity contribution in [2.75, 3.05) is 20.7 Å². The Hall–Kier alpha value is -1.57. The lowest BCUT2D eigenvalue weighted by Gasteiger charge is -2.26. The normalized spacial score (nSPS) is 16.9. The van der Waals surface area contributed by atoms with Crippen molar-refractivity contribution < 1.29 is 14.3 Å². The fraction of sp³-hybridized carbons (Fsp3) is 0.769. The van der Waals surface area contributed by atoms with Gasteiger partial charge in [-0.1, -0.05) is 12.8 Å². The van der Waals surface area contributed by atoms with Crippen LogP contribution in [0.1, 0.15) is 38.5 Å². The smallest absolute Gasteiger partial charge is 0.305 e. The molecule has 0 aromatic rings. The predicted molar refractivity (Wildman–Crippen MR) is 65.4 cm³/mol. The Bertz CT molecular complexity index is 354. The summed E-state index contributed by atoms with van der Waals surface area (Å²) in [6, 6.07) is 2.19. The molecule has 5 nitrogen and oxygen atoms in total. The van der Waals surface area contributed by atoms with Crippen LogP contribution in [0.2, 0.25) is 0 Å². The highest BCUT2D eigenvalue weighted by atomic mass is 16.5. The Kier molecular flexibility index (Phi) is 5.14. The number of rotatable bonds is 5. The molecule has 0 radical (unpaired) electrons. The average molecular weight is 252 g/mol. The van der Waals surface area contributed by atoms with Gasteiger partial charge in [0.1, 0.15) is 5.41 Å². The zero-order valence-electron chi connectivity index (χ0n) is 11.1. The molecule has 0 atom stereocenters. The maximum Gasteiger partial charge on any atom is 0.305 e. The monoisotopic (exact) mass is 252 g/mol. The molecule has 5 heteroatoms. The second kappa shape index (κ2) is 6.39. The number of esters is 1. The lowest BCUT2D eigenvalue weighted by Crippen LogP contribution is -2.40. The molecule has 0 N–H and O–H groups in total. The number of carbonyl (C=O) groups is 2. The van der Waals surface area contributed by atoms with Crippen LogP contribution in [0.15, 0.2) is 0 Å². The van der Waals surface area contributed by atoms with Crippen molar-refractivity contribution in [1.29, 1.82) is 5.26 Å². The number of nitrogens with zero attached hydrogens (tertiary/aromatic N) is 2. The first kappa shape index (κ1) is 14.5. The highest BCUT2D eigenvalue weighted by Crippen LogP contribution is 2.38. The summed E-state index contributed by atoms with van der Waals surface area (Å²) in [5, 5.41) is 9.22. The molecule has 0 saturated heterocycles. The molecular formula is C13H20N2O3. The molecule has 0 aliphatic heterocycles. The van der Waals surface area contributed by atoms with Gasteiger partial charge in [0.25, 0.3) is 0 Å². The third kappa shape index (κ3) is 3.22. The number of hydrogen-bond donors (Lipinski definition) is 0. The van der Waals surface area contributed by atoms with Gasteiger partial charge in [0.05, 0.1) is 13.2 Å². The van der Waals surface area contributed by atoms with Crippen molar-refractivity contribution in [3.8, 4) is 6.07 Å². The fourth-order valence-corrected chi connectivity index (χ4v) is 2.38. The number of carbonyl (C=O) groups excluding carboxylic acids is 2. The first-order valence-corrected chi connectivity index (χ1v) is 6.29. The van der Waals surface area contributed by atoms with Crippen LogP contribution in [0.5, 0.6) is 0 Å². The maximum absolute atomic E-state index is 12.2. The van der Waals surface area contributed by atoms with Gasteiger partial charge < -0.3 is 9.64 Å². The van der Waals surface area contributed by atoms with Gasteiger partial charge in [-0.25, -0.2) is 0 Å². The van der Waals surface area contributed by atoms with Crippen LogP contribution in [0.3, 0.4) is 0 Å². The third-order valence-electron chi connectivity index (χ3n) is 3.53. The summed E-state index contributed by atoms with van der Waals surface area (Å²) >= 11 is 0. The summed E-state index contributed by atoms with van der Waals surface area (Å²) in [5.74, 6) is -0.376. The quantitative estimate of drug-likeness (QED) is 0.695. The SMILES string of the molecule is COC(=O)CCCN(C)C(=O)C1(C#N)CCCC1. The van der Waals surface area contributed by atoms with Gasteiger partial charge in [0.15, 0.2) is 0 Å². The minimum Gasteiger partial charge on any atom is -0.469 e. The van der Waals surface area contributed by atoms with E-state index in [1.807, 2.05) is 0 Å². The molecule has 0 spiro atoms. The lowest BCUT2D eigenvalue weighted by molar-refractivity contribution is -0.142. The molecule has 1 aliphatic carbocycles. The van der Waals surface area contributed by atoms with Crippen LogP contribution in [-0.2, 0) is 14.3 Å². The molecule has 1 aliphatic rings. The molecule has 0 heterocycles. The summed E-state index contributed by atoms with van der Waals surface area (Å²) in [6.07, 6.45) is 4.06. The second-order valence-electron chi connectivity index (χ2n) is 4.81. The third-order valence-corrected chi connectivity index (χ3v) is 3.53. The molecule has 100 valence electrons. The van der Waals surface area contributed by atoms with Crippen LogP contribution >= 0.6 is 0 Å². The number of amides is 1. The Morgan fingerprint density at radius 3 is 2.50 bits per heavy atom. The zero-order valence-corrected chi connectivity index (χ0v) is 11.1. The van der Waals surface area contributed by atoms with Crippen molar-refractivity contribution >= 4 is 11.9 Å². The Labute approximate surface area is 108 Å². The largest absolute Gasteiger partial charge is 0.469 e. The van der Waals surface area contributed by atoms with Gasteiger partial charge in [-0.2, -0.15) is 5.26 Å². The molecule has 0 bridgehead atoms. The first-order valence-electron chi connectivity index (χ1n) is 6.29. The standard InChI is InChI=1S/C13H20N2O3/c1-15(9-5-6-11(16)18-2)12(17)13(10-14)7-3-4-8-13/h3-9H2,1-2H3. The van der Waals surface area contributed by atoms with Gasteiger partial charge in [-0.3, -0.25) is 9.59 Å². The Morgan fingerprint density at radius 1 is 1.39 bits per heavy atom. The van der Waals surface area contributed by atoms with Gasteiger partial charge in [0.2, 0.25) is 5.91 Å². The van der Waals surface area contributed by atoms with Gasteiger partial charge in [-0.15, -0.1) is 0 Å². The van der Waals surface area contributed by atoms with E-state index in [2.05, 4.69) is 10.8 Å². The van der Waals surface area contributed by atoms with Crippen molar-refractivity contribution in [3.05, 3.63) is 0 Å². The van der Waals surface area contributed by atoms with E-state index in [-0.39, 0.29) is 11.9 Å². The number of methoxy groups -OCH3 is 1. The van der Waals surface area contributed by atoms with E-state index in [4.69, 9.17) is 0 Å². The van der Waals surface area contributed by atoms with Crippen LogP contribution in [0, 0.1) is 16.7 Å². The average Bonchev–Trinajstić information content (AvgIpc) is 2.87. The van der Waals surface area contributed by atoms with E-state index >= 15 is 0 Å². The van der Waals surface area contributed by atoms with Crippen molar-refractivity contribution in [2.24, 2.45) is 5.41 Å². The number of ether oxygens (including phenoxy) is 1. The molecule has 1 amide bonds.